The average molecular weight is 264 g/mol. The second-order valence-corrected chi connectivity index (χ2v) is 3.97. The van der Waals surface area contributed by atoms with E-state index in [0.29, 0.717) is 17.6 Å². The van der Waals surface area contributed by atoms with Gasteiger partial charge in [0.15, 0.2) is 0 Å². The van der Waals surface area contributed by atoms with Gasteiger partial charge in [-0.2, -0.15) is 0 Å². The van der Waals surface area contributed by atoms with E-state index in [1.54, 1.807) is 19.1 Å². The van der Waals surface area contributed by atoms with Crippen molar-refractivity contribution in [3.63, 3.8) is 0 Å². The Morgan fingerprint density at radius 3 is 2.32 bits per heavy atom. The molecule has 2 aromatic rings. The monoisotopic (exact) mass is 264 g/mol. The molecule has 0 radical (unpaired) electrons. The number of benzene rings is 1. The fourth-order valence-corrected chi connectivity index (χ4v) is 1.65. The quantitative estimate of drug-likeness (QED) is 0.863. The molecule has 0 bridgehead atoms. The molecule has 0 atom stereocenters. The first-order chi connectivity index (χ1) is 8.95. The Labute approximate surface area is 107 Å². The third kappa shape index (κ3) is 3.07. The summed E-state index contributed by atoms with van der Waals surface area (Å²) < 4.78 is 31.4. The van der Waals surface area contributed by atoms with E-state index in [9.17, 15) is 13.6 Å². The normalized spacial score (nSPS) is 11.6. The minimum Gasteiger partial charge on any atom is -0.478 e. The molecule has 98 valence electrons. The predicted molar refractivity (Wildman–Crippen MR) is 65.3 cm³/mol. The molecule has 0 fully saturated rings. The van der Waals surface area contributed by atoms with E-state index in [0.717, 1.165) is 12.1 Å². The van der Waals surface area contributed by atoms with Crippen LogP contribution in [0.2, 0.25) is 0 Å². The highest BCUT2D eigenvalue weighted by Crippen LogP contribution is 2.21. The zero-order valence-corrected chi connectivity index (χ0v) is 9.98. The first-order valence-electron chi connectivity index (χ1n) is 5.43. The van der Waals surface area contributed by atoms with Crippen LogP contribution >= 0.6 is 0 Å². The van der Waals surface area contributed by atoms with Crippen molar-refractivity contribution in [1.29, 1.82) is 0 Å². The van der Waals surface area contributed by atoms with Crippen LogP contribution in [0.4, 0.5) is 8.78 Å². The summed E-state index contributed by atoms with van der Waals surface area (Å²) in [7, 11) is 0. The Kier molecular flexibility index (Phi) is 3.46. The molecule has 0 unspecified atom stereocenters. The van der Waals surface area contributed by atoms with Gasteiger partial charge in [0, 0.05) is 6.07 Å². The number of hydrogen-bond donors (Lipinski definition) is 1. The van der Waals surface area contributed by atoms with Gasteiger partial charge in [-0.1, -0.05) is 0 Å². The van der Waals surface area contributed by atoms with Crippen LogP contribution in [0.25, 0.3) is 11.6 Å². The molecular formula is C14H10F2O3. The summed E-state index contributed by atoms with van der Waals surface area (Å²) >= 11 is 0. The van der Waals surface area contributed by atoms with Crippen LogP contribution in [0.5, 0.6) is 0 Å². The summed E-state index contributed by atoms with van der Waals surface area (Å²) in [6, 6.07) is 5.84. The fraction of sp³-hybridized carbons (Fsp3) is 0.0714. The first-order valence-corrected chi connectivity index (χ1v) is 5.43. The van der Waals surface area contributed by atoms with E-state index in [-0.39, 0.29) is 11.1 Å². The molecule has 3 nitrogen and oxygen atoms in total. The number of halogens is 2. The van der Waals surface area contributed by atoms with Gasteiger partial charge in [0.1, 0.15) is 23.2 Å². The molecule has 0 aliphatic rings. The minimum atomic E-state index is -1.29. The average Bonchev–Trinajstić information content (AvgIpc) is 2.70. The fourth-order valence-electron chi connectivity index (χ4n) is 1.65. The molecule has 0 spiro atoms. The SMILES string of the molecule is Cc1ccc(/C=C(/C(=O)O)c2cc(F)cc(F)c2)o1. The number of furan rings is 1. The largest absolute Gasteiger partial charge is 0.478 e. The highest BCUT2D eigenvalue weighted by atomic mass is 19.1. The number of aliphatic carboxylic acids is 1. The van der Waals surface area contributed by atoms with Crippen molar-refractivity contribution in [3.8, 4) is 0 Å². The molecule has 2 rings (SSSR count). The van der Waals surface area contributed by atoms with Crippen molar-refractivity contribution in [3.05, 3.63) is 59.1 Å². The van der Waals surface area contributed by atoms with Crippen LogP contribution < -0.4 is 0 Å². The molecule has 1 aromatic carbocycles. The van der Waals surface area contributed by atoms with Gasteiger partial charge >= 0.3 is 5.97 Å². The van der Waals surface area contributed by atoms with Crippen LogP contribution in [0.1, 0.15) is 17.1 Å². The lowest BCUT2D eigenvalue weighted by atomic mass is 10.0. The molecule has 1 N–H and O–H groups in total. The number of carboxylic acids is 1. The summed E-state index contributed by atoms with van der Waals surface area (Å²) in [5, 5.41) is 9.12. The Bertz CT molecular complexity index is 636. The van der Waals surface area contributed by atoms with Gasteiger partial charge in [0.2, 0.25) is 0 Å². The van der Waals surface area contributed by atoms with E-state index in [4.69, 9.17) is 9.52 Å². The predicted octanol–water partition coefficient (Wildman–Crippen LogP) is 3.49. The third-order valence-corrected chi connectivity index (χ3v) is 2.45. The topological polar surface area (TPSA) is 50.4 Å². The van der Waals surface area contributed by atoms with Gasteiger partial charge in [-0.15, -0.1) is 0 Å². The van der Waals surface area contributed by atoms with Gasteiger partial charge in [0.05, 0.1) is 5.57 Å². The standard InChI is InChI=1S/C14H10F2O3/c1-8-2-3-12(19-8)7-13(14(17)18)9-4-10(15)6-11(16)5-9/h2-7H,1H3,(H,17,18)/b13-7+. The summed E-state index contributed by atoms with van der Waals surface area (Å²) in [4.78, 5) is 11.2. The molecule has 5 heteroatoms. The number of rotatable bonds is 3. The highest BCUT2D eigenvalue weighted by molar-refractivity contribution is 6.20. The smallest absolute Gasteiger partial charge is 0.336 e. The van der Waals surface area contributed by atoms with E-state index in [1.165, 1.54) is 6.08 Å². The maximum Gasteiger partial charge on any atom is 0.336 e. The van der Waals surface area contributed by atoms with Crippen molar-refractivity contribution in [2.75, 3.05) is 0 Å². The number of aryl methyl sites for hydroxylation is 1. The summed E-state index contributed by atoms with van der Waals surface area (Å²) in [5.41, 5.74) is -0.299. The van der Waals surface area contributed by atoms with Crippen LogP contribution in [-0.4, -0.2) is 11.1 Å². The molecule has 1 aromatic heterocycles. The van der Waals surface area contributed by atoms with Gasteiger partial charge in [-0.25, -0.2) is 13.6 Å². The van der Waals surface area contributed by atoms with Crippen molar-refractivity contribution < 1.29 is 23.1 Å². The van der Waals surface area contributed by atoms with Gasteiger partial charge in [0.25, 0.3) is 0 Å². The molecule has 0 amide bonds. The van der Waals surface area contributed by atoms with Crippen LogP contribution in [0, 0.1) is 18.6 Å². The molecule has 0 aliphatic heterocycles. The lowest BCUT2D eigenvalue weighted by molar-refractivity contribution is -0.130. The van der Waals surface area contributed by atoms with Gasteiger partial charge in [-0.3, -0.25) is 0 Å². The van der Waals surface area contributed by atoms with E-state index < -0.39 is 17.6 Å². The zero-order chi connectivity index (χ0) is 14.0. The van der Waals surface area contributed by atoms with Crippen LogP contribution in [-0.2, 0) is 4.79 Å². The molecule has 19 heavy (non-hydrogen) atoms. The lowest BCUT2D eigenvalue weighted by Gasteiger charge is -2.03. The third-order valence-electron chi connectivity index (χ3n) is 2.45. The second kappa shape index (κ2) is 5.06. The number of hydrogen-bond acceptors (Lipinski definition) is 2. The molecule has 0 saturated heterocycles. The Hall–Kier alpha value is -2.43. The Balaban J connectivity index is 2.51. The molecule has 0 aliphatic carbocycles. The lowest BCUT2D eigenvalue weighted by Crippen LogP contribution is -2.00. The molecule has 1 heterocycles. The zero-order valence-electron chi connectivity index (χ0n) is 9.98. The van der Waals surface area contributed by atoms with E-state index in [2.05, 4.69) is 0 Å². The molecule has 0 saturated carbocycles. The number of carbonyl (C=O) groups is 1. The van der Waals surface area contributed by atoms with Crippen LogP contribution in [0.3, 0.4) is 0 Å². The summed E-state index contributed by atoms with van der Waals surface area (Å²) in [5.74, 6) is -2.05. The minimum absolute atomic E-state index is 0.0564. The highest BCUT2D eigenvalue weighted by Gasteiger charge is 2.14. The summed E-state index contributed by atoms with van der Waals surface area (Å²) in [6.07, 6.45) is 1.23. The second-order valence-electron chi connectivity index (χ2n) is 3.97. The number of carboxylic acid groups (broad SMARTS) is 1. The Morgan fingerprint density at radius 2 is 1.84 bits per heavy atom. The molecular weight excluding hydrogens is 254 g/mol. The first kappa shape index (κ1) is 13.0. The summed E-state index contributed by atoms with van der Waals surface area (Å²) in [6.45, 7) is 1.71. The van der Waals surface area contributed by atoms with Gasteiger partial charge < -0.3 is 9.52 Å². The van der Waals surface area contributed by atoms with Crippen LogP contribution in [0.15, 0.2) is 34.7 Å². The Morgan fingerprint density at radius 1 is 1.21 bits per heavy atom. The van der Waals surface area contributed by atoms with E-state index in [1.807, 2.05) is 0 Å². The maximum atomic E-state index is 13.1. The van der Waals surface area contributed by atoms with Crippen molar-refractivity contribution >= 4 is 17.6 Å². The van der Waals surface area contributed by atoms with Gasteiger partial charge in [-0.05, 0) is 42.8 Å². The maximum absolute atomic E-state index is 13.1. The van der Waals surface area contributed by atoms with E-state index >= 15 is 0 Å². The van der Waals surface area contributed by atoms with Crippen molar-refractivity contribution in [2.24, 2.45) is 0 Å². The van der Waals surface area contributed by atoms with Crippen molar-refractivity contribution in [1.82, 2.24) is 0 Å². The van der Waals surface area contributed by atoms with Crippen molar-refractivity contribution in [2.45, 2.75) is 6.92 Å².